The molecule has 23 heavy (non-hydrogen) atoms. The van der Waals surface area contributed by atoms with Crippen molar-refractivity contribution in [3.05, 3.63) is 56.5 Å². The normalized spacial score (nSPS) is 14.3. The van der Waals surface area contributed by atoms with Gasteiger partial charge >= 0.3 is 0 Å². The van der Waals surface area contributed by atoms with Gasteiger partial charge in [0.1, 0.15) is 5.69 Å². The van der Waals surface area contributed by atoms with Gasteiger partial charge in [0.2, 0.25) is 0 Å². The van der Waals surface area contributed by atoms with Gasteiger partial charge in [-0.3, -0.25) is 4.79 Å². The molecule has 0 saturated heterocycles. The SMILES string of the molecule is O=C(NC1CC1)c1cc2scc(Br)c2n1Cc1cccc(Cl)c1. The number of thiophene rings is 1. The summed E-state index contributed by atoms with van der Waals surface area (Å²) in [5.41, 5.74) is 2.85. The average Bonchev–Trinajstić information content (AvgIpc) is 3.14. The summed E-state index contributed by atoms with van der Waals surface area (Å²) in [6.07, 6.45) is 2.16. The minimum absolute atomic E-state index is 0.00447. The number of nitrogens with one attached hydrogen (secondary N) is 1. The highest BCUT2D eigenvalue weighted by Gasteiger charge is 2.26. The molecule has 1 aliphatic rings. The van der Waals surface area contributed by atoms with Crippen LogP contribution in [-0.4, -0.2) is 16.5 Å². The summed E-state index contributed by atoms with van der Waals surface area (Å²) in [7, 11) is 0. The highest BCUT2D eigenvalue weighted by atomic mass is 79.9. The van der Waals surface area contributed by atoms with Crippen molar-refractivity contribution in [3.8, 4) is 0 Å². The van der Waals surface area contributed by atoms with Crippen molar-refractivity contribution >= 4 is 55.0 Å². The Labute approximate surface area is 151 Å². The van der Waals surface area contributed by atoms with Crippen LogP contribution in [0.5, 0.6) is 0 Å². The lowest BCUT2D eigenvalue weighted by molar-refractivity contribution is 0.0942. The third kappa shape index (κ3) is 3.05. The van der Waals surface area contributed by atoms with Crippen molar-refractivity contribution in [3.63, 3.8) is 0 Å². The van der Waals surface area contributed by atoms with E-state index in [-0.39, 0.29) is 5.91 Å². The number of hydrogen-bond donors (Lipinski definition) is 1. The number of carbonyl (C=O) groups is 1. The Morgan fingerprint density at radius 1 is 1.39 bits per heavy atom. The number of aromatic nitrogens is 1. The summed E-state index contributed by atoms with van der Waals surface area (Å²) >= 11 is 11.3. The molecule has 0 atom stereocenters. The smallest absolute Gasteiger partial charge is 0.268 e. The minimum Gasteiger partial charge on any atom is -0.348 e. The van der Waals surface area contributed by atoms with Gasteiger partial charge in [0.05, 0.1) is 14.7 Å². The van der Waals surface area contributed by atoms with E-state index in [0.29, 0.717) is 23.3 Å². The summed E-state index contributed by atoms with van der Waals surface area (Å²) < 4.78 is 4.20. The third-order valence-electron chi connectivity index (χ3n) is 3.95. The van der Waals surface area contributed by atoms with Crippen LogP contribution in [0.15, 0.2) is 40.2 Å². The zero-order chi connectivity index (χ0) is 16.0. The van der Waals surface area contributed by atoms with Crippen molar-refractivity contribution in [1.29, 1.82) is 0 Å². The van der Waals surface area contributed by atoms with E-state index in [1.165, 1.54) is 0 Å². The largest absolute Gasteiger partial charge is 0.348 e. The first kappa shape index (κ1) is 15.2. The predicted molar refractivity (Wildman–Crippen MR) is 98.6 cm³/mol. The van der Waals surface area contributed by atoms with Gasteiger partial charge in [0, 0.05) is 23.0 Å². The van der Waals surface area contributed by atoms with Crippen molar-refractivity contribution in [2.45, 2.75) is 25.4 Å². The molecule has 0 bridgehead atoms. The molecule has 0 aliphatic heterocycles. The number of benzene rings is 1. The lowest BCUT2D eigenvalue weighted by Crippen LogP contribution is -2.27. The second-order valence-electron chi connectivity index (χ2n) is 5.79. The van der Waals surface area contributed by atoms with Gasteiger partial charge in [-0.1, -0.05) is 23.7 Å². The topological polar surface area (TPSA) is 34.0 Å². The Morgan fingerprint density at radius 2 is 2.22 bits per heavy atom. The molecule has 118 valence electrons. The number of hydrogen-bond acceptors (Lipinski definition) is 2. The van der Waals surface area contributed by atoms with Crippen LogP contribution in [-0.2, 0) is 6.54 Å². The van der Waals surface area contributed by atoms with Crippen LogP contribution in [0.25, 0.3) is 10.2 Å². The quantitative estimate of drug-likeness (QED) is 0.642. The molecule has 2 heterocycles. The summed E-state index contributed by atoms with van der Waals surface area (Å²) in [6, 6.07) is 10.1. The van der Waals surface area contributed by atoms with Crippen LogP contribution in [0.4, 0.5) is 0 Å². The Balaban J connectivity index is 1.77. The molecule has 0 spiro atoms. The first-order valence-corrected chi connectivity index (χ1v) is 9.48. The van der Waals surface area contributed by atoms with E-state index < -0.39 is 0 Å². The van der Waals surface area contributed by atoms with E-state index in [1.807, 2.05) is 30.3 Å². The maximum atomic E-state index is 12.6. The van der Waals surface area contributed by atoms with Crippen molar-refractivity contribution in [2.75, 3.05) is 0 Å². The number of halogens is 2. The second kappa shape index (κ2) is 5.96. The number of amides is 1. The van der Waals surface area contributed by atoms with Crippen LogP contribution < -0.4 is 5.32 Å². The first-order valence-electron chi connectivity index (χ1n) is 7.43. The van der Waals surface area contributed by atoms with Crippen LogP contribution in [0.2, 0.25) is 5.02 Å². The van der Waals surface area contributed by atoms with E-state index >= 15 is 0 Å². The highest BCUT2D eigenvalue weighted by molar-refractivity contribution is 9.10. The zero-order valence-electron chi connectivity index (χ0n) is 12.2. The molecular weight excluding hydrogens is 396 g/mol. The summed E-state index contributed by atoms with van der Waals surface area (Å²) in [5, 5.41) is 5.85. The van der Waals surface area contributed by atoms with Gasteiger partial charge in [-0.05, 0) is 52.5 Å². The minimum atomic E-state index is 0.00447. The Hall–Kier alpha value is -1.30. The lowest BCUT2D eigenvalue weighted by atomic mass is 10.2. The Morgan fingerprint density at radius 3 is 2.96 bits per heavy atom. The van der Waals surface area contributed by atoms with Gasteiger partial charge in [0.25, 0.3) is 5.91 Å². The molecule has 0 radical (unpaired) electrons. The third-order valence-corrected chi connectivity index (χ3v) is 6.01. The standard InChI is InChI=1S/C17H14BrClN2OS/c18-13-9-23-15-7-14(17(22)20-12-4-5-12)21(16(13)15)8-10-2-1-3-11(19)6-10/h1-3,6-7,9,12H,4-5,8H2,(H,20,22). The molecule has 1 amide bonds. The summed E-state index contributed by atoms with van der Waals surface area (Å²) in [5.74, 6) is 0.00447. The molecule has 1 N–H and O–H groups in total. The summed E-state index contributed by atoms with van der Waals surface area (Å²) in [4.78, 5) is 12.6. The van der Waals surface area contributed by atoms with Crippen LogP contribution in [0, 0.1) is 0 Å². The molecule has 4 rings (SSSR count). The number of rotatable bonds is 4. The monoisotopic (exact) mass is 408 g/mol. The molecule has 6 heteroatoms. The number of carbonyl (C=O) groups excluding carboxylic acids is 1. The van der Waals surface area contributed by atoms with Crippen LogP contribution in [0.3, 0.4) is 0 Å². The van der Waals surface area contributed by atoms with Gasteiger partial charge in [-0.15, -0.1) is 11.3 Å². The maximum absolute atomic E-state index is 12.6. The Kier molecular flexibility index (Phi) is 3.95. The van der Waals surface area contributed by atoms with Crippen LogP contribution >= 0.6 is 38.9 Å². The lowest BCUT2D eigenvalue weighted by Gasteiger charge is -2.11. The average molecular weight is 410 g/mol. The number of nitrogens with zero attached hydrogens (tertiary/aromatic N) is 1. The van der Waals surface area contributed by atoms with E-state index in [9.17, 15) is 4.79 Å². The van der Waals surface area contributed by atoms with Gasteiger partial charge < -0.3 is 9.88 Å². The second-order valence-corrected chi connectivity index (χ2v) is 7.99. The van der Waals surface area contributed by atoms with Gasteiger partial charge in [-0.2, -0.15) is 0 Å². The molecule has 2 aromatic heterocycles. The molecule has 1 saturated carbocycles. The van der Waals surface area contributed by atoms with Crippen molar-refractivity contribution in [2.24, 2.45) is 0 Å². The van der Waals surface area contributed by atoms with E-state index in [2.05, 4.69) is 31.2 Å². The summed E-state index contributed by atoms with van der Waals surface area (Å²) in [6.45, 7) is 0.618. The van der Waals surface area contributed by atoms with Gasteiger partial charge in [0.15, 0.2) is 0 Å². The molecule has 1 fully saturated rings. The fraction of sp³-hybridized carbons (Fsp3) is 0.235. The first-order chi connectivity index (χ1) is 11.1. The van der Waals surface area contributed by atoms with E-state index in [0.717, 1.165) is 33.1 Å². The molecule has 3 nitrogen and oxygen atoms in total. The molecule has 3 aromatic rings. The van der Waals surface area contributed by atoms with Crippen molar-refractivity contribution in [1.82, 2.24) is 9.88 Å². The molecule has 1 aliphatic carbocycles. The van der Waals surface area contributed by atoms with E-state index in [1.54, 1.807) is 11.3 Å². The fourth-order valence-corrected chi connectivity index (χ4v) is 4.59. The van der Waals surface area contributed by atoms with Crippen LogP contribution in [0.1, 0.15) is 28.9 Å². The predicted octanol–water partition coefficient (Wildman–Crippen LogP) is 5.06. The molecular formula is C17H14BrClN2OS. The number of fused-ring (bicyclic) bond motifs is 1. The Bertz CT molecular complexity index is 897. The van der Waals surface area contributed by atoms with E-state index in [4.69, 9.17) is 11.6 Å². The maximum Gasteiger partial charge on any atom is 0.268 e. The fourth-order valence-electron chi connectivity index (χ4n) is 2.69. The zero-order valence-corrected chi connectivity index (χ0v) is 15.3. The molecule has 1 aromatic carbocycles. The molecule has 0 unspecified atom stereocenters. The van der Waals surface area contributed by atoms with Crippen molar-refractivity contribution < 1.29 is 4.79 Å². The van der Waals surface area contributed by atoms with Gasteiger partial charge in [-0.25, -0.2) is 0 Å². The highest BCUT2D eigenvalue weighted by Crippen LogP contribution is 2.34.